The molecule has 0 saturated heterocycles. The van der Waals surface area contributed by atoms with E-state index >= 15 is 0 Å². The molecule has 138 valence electrons. The van der Waals surface area contributed by atoms with E-state index in [0.717, 1.165) is 44.7 Å². The van der Waals surface area contributed by atoms with E-state index in [4.69, 9.17) is 4.74 Å². The topological polar surface area (TPSA) is 50.8 Å². The maximum absolute atomic E-state index is 9.36. The van der Waals surface area contributed by atoms with Crippen molar-refractivity contribution in [2.45, 2.75) is 27.4 Å². The fourth-order valence-corrected chi connectivity index (χ4v) is 3.53. The van der Waals surface area contributed by atoms with Gasteiger partial charge in [-0.15, -0.1) is 0 Å². The summed E-state index contributed by atoms with van der Waals surface area (Å²) < 4.78 is 8.13. The molecule has 4 heteroatoms. The molecule has 4 rings (SSSR count). The van der Waals surface area contributed by atoms with Gasteiger partial charge in [0.25, 0.3) is 0 Å². The van der Waals surface area contributed by atoms with Gasteiger partial charge in [0.15, 0.2) is 0 Å². The van der Waals surface area contributed by atoms with Gasteiger partial charge in [0.1, 0.15) is 29.6 Å². The fraction of sp³-hybridized carbons (Fsp3) is 0.167. The molecule has 28 heavy (non-hydrogen) atoms. The molecule has 0 aliphatic heterocycles. The van der Waals surface area contributed by atoms with Crippen molar-refractivity contribution in [3.05, 3.63) is 88.9 Å². The van der Waals surface area contributed by atoms with Crippen molar-refractivity contribution in [1.29, 1.82) is 5.26 Å². The third kappa shape index (κ3) is 3.12. The van der Waals surface area contributed by atoms with Crippen LogP contribution in [0.4, 0.5) is 0 Å². The van der Waals surface area contributed by atoms with Crippen LogP contribution in [0, 0.1) is 32.1 Å². The lowest BCUT2D eigenvalue weighted by Gasteiger charge is -2.17. The van der Waals surface area contributed by atoms with E-state index in [1.165, 1.54) is 0 Å². The smallest absolute Gasteiger partial charge is 0.146 e. The van der Waals surface area contributed by atoms with Crippen molar-refractivity contribution < 1.29 is 4.74 Å². The first-order valence-corrected chi connectivity index (χ1v) is 9.24. The minimum Gasteiger partial charge on any atom is -0.487 e. The highest BCUT2D eigenvalue weighted by Crippen LogP contribution is 2.28. The minimum absolute atomic E-state index is 0.448. The molecule has 0 aliphatic carbocycles. The number of aromatic nitrogens is 2. The van der Waals surface area contributed by atoms with Crippen molar-refractivity contribution in [2.75, 3.05) is 0 Å². The molecule has 2 aromatic heterocycles. The lowest BCUT2D eigenvalue weighted by Crippen LogP contribution is -2.06. The van der Waals surface area contributed by atoms with Gasteiger partial charge in [-0.3, -0.25) is 0 Å². The van der Waals surface area contributed by atoms with E-state index < -0.39 is 0 Å². The van der Waals surface area contributed by atoms with Crippen LogP contribution in [0.15, 0.2) is 60.8 Å². The van der Waals surface area contributed by atoms with Crippen molar-refractivity contribution in [2.24, 2.45) is 0 Å². The number of benzene rings is 2. The number of hydrogen-bond acceptors (Lipinski definition) is 3. The Morgan fingerprint density at radius 2 is 1.86 bits per heavy atom. The molecule has 4 aromatic rings. The Hall–Kier alpha value is -3.58. The van der Waals surface area contributed by atoms with Crippen LogP contribution < -0.4 is 4.74 Å². The van der Waals surface area contributed by atoms with Gasteiger partial charge in [-0.05, 0) is 67.8 Å². The maximum Gasteiger partial charge on any atom is 0.146 e. The molecule has 0 bridgehead atoms. The average molecular weight is 367 g/mol. The molecule has 4 nitrogen and oxygen atoms in total. The number of aryl methyl sites for hydroxylation is 2. The molecule has 0 aliphatic rings. The van der Waals surface area contributed by atoms with Crippen LogP contribution >= 0.6 is 0 Å². The Kier molecular flexibility index (Phi) is 4.58. The molecule has 0 spiro atoms. The van der Waals surface area contributed by atoms with Gasteiger partial charge in [-0.2, -0.15) is 5.26 Å². The van der Waals surface area contributed by atoms with E-state index in [2.05, 4.69) is 43.1 Å². The summed E-state index contributed by atoms with van der Waals surface area (Å²) >= 11 is 0. The quantitative estimate of drug-likeness (QED) is 0.485. The van der Waals surface area contributed by atoms with Gasteiger partial charge >= 0.3 is 0 Å². The number of pyridine rings is 1. The van der Waals surface area contributed by atoms with E-state index in [0.29, 0.717) is 12.3 Å². The van der Waals surface area contributed by atoms with Gasteiger partial charge in [-0.25, -0.2) is 4.98 Å². The molecular formula is C24H21N3O. The second kappa shape index (κ2) is 7.21. The summed E-state index contributed by atoms with van der Waals surface area (Å²) in [7, 11) is 0. The average Bonchev–Trinajstić information content (AvgIpc) is 3.16. The van der Waals surface area contributed by atoms with Crippen LogP contribution in [-0.4, -0.2) is 9.55 Å². The zero-order valence-electron chi connectivity index (χ0n) is 16.2. The van der Waals surface area contributed by atoms with Crippen LogP contribution in [0.5, 0.6) is 5.75 Å². The largest absolute Gasteiger partial charge is 0.487 e. The second-order valence-corrected chi connectivity index (χ2v) is 6.95. The Balaban J connectivity index is 1.71. The zero-order valence-corrected chi connectivity index (χ0v) is 16.2. The molecule has 0 amide bonds. The molecule has 0 unspecified atom stereocenters. The van der Waals surface area contributed by atoms with Crippen molar-refractivity contribution in [3.8, 4) is 17.5 Å². The molecular weight excluding hydrogens is 346 g/mol. The summed E-state index contributed by atoms with van der Waals surface area (Å²) in [4.78, 5) is 4.65. The number of nitriles is 1. The molecule has 2 aromatic carbocycles. The highest BCUT2D eigenvalue weighted by atomic mass is 16.5. The number of nitrogens with zero attached hydrogens (tertiary/aromatic N) is 3. The molecule has 0 saturated carbocycles. The van der Waals surface area contributed by atoms with Gasteiger partial charge in [0.05, 0.1) is 0 Å². The maximum atomic E-state index is 9.36. The van der Waals surface area contributed by atoms with Crippen LogP contribution in [0.25, 0.3) is 16.6 Å². The Bertz CT molecular complexity index is 1210. The number of fused-ring (bicyclic) bond motifs is 1. The second-order valence-electron chi connectivity index (χ2n) is 6.95. The number of para-hydroxylation sites is 1. The SMILES string of the molecule is Cc1ccc2cccc(OCc3c(C)ccc(-n4cccc4C#N)c3C)c2n1. The predicted octanol–water partition coefficient (Wildman–Crippen LogP) is 5.40. The first-order valence-electron chi connectivity index (χ1n) is 9.24. The van der Waals surface area contributed by atoms with Crippen LogP contribution in [0.2, 0.25) is 0 Å². The Morgan fingerprint density at radius 1 is 1.00 bits per heavy atom. The van der Waals surface area contributed by atoms with Crippen LogP contribution in [-0.2, 0) is 6.61 Å². The number of hydrogen-bond donors (Lipinski definition) is 0. The Labute approximate surface area is 164 Å². The summed E-state index contributed by atoms with van der Waals surface area (Å²) in [5.41, 5.74) is 6.86. The van der Waals surface area contributed by atoms with Crippen LogP contribution in [0.1, 0.15) is 28.1 Å². The fourth-order valence-electron chi connectivity index (χ4n) is 3.53. The highest BCUT2D eigenvalue weighted by Gasteiger charge is 2.13. The summed E-state index contributed by atoms with van der Waals surface area (Å²) in [5.74, 6) is 0.782. The van der Waals surface area contributed by atoms with Gasteiger partial charge < -0.3 is 9.30 Å². The first kappa shape index (κ1) is 17.8. The Morgan fingerprint density at radius 3 is 2.68 bits per heavy atom. The van der Waals surface area contributed by atoms with E-state index in [1.807, 2.05) is 54.1 Å². The third-order valence-electron chi connectivity index (χ3n) is 5.12. The predicted molar refractivity (Wildman–Crippen MR) is 111 cm³/mol. The van der Waals surface area contributed by atoms with Gasteiger partial charge in [0.2, 0.25) is 0 Å². The van der Waals surface area contributed by atoms with E-state index in [9.17, 15) is 5.26 Å². The van der Waals surface area contributed by atoms with Crippen molar-refractivity contribution in [3.63, 3.8) is 0 Å². The zero-order chi connectivity index (χ0) is 19.7. The van der Waals surface area contributed by atoms with Crippen molar-refractivity contribution >= 4 is 10.9 Å². The monoisotopic (exact) mass is 367 g/mol. The number of ether oxygens (including phenoxy) is 1. The molecule has 2 heterocycles. The van der Waals surface area contributed by atoms with Crippen LogP contribution in [0.3, 0.4) is 0 Å². The summed E-state index contributed by atoms with van der Waals surface area (Å²) in [6, 6.07) is 20.1. The minimum atomic E-state index is 0.448. The van der Waals surface area contributed by atoms with Gasteiger partial charge in [-0.1, -0.05) is 24.3 Å². The lowest BCUT2D eigenvalue weighted by molar-refractivity contribution is 0.307. The molecule has 0 atom stereocenters. The molecule has 0 N–H and O–H groups in total. The summed E-state index contributed by atoms with van der Waals surface area (Å²) in [5, 5.41) is 10.4. The number of rotatable bonds is 4. The highest BCUT2D eigenvalue weighted by molar-refractivity contribution is 5.84. The lowest BCUT2D eigenvalue weighted by atomic mass is 10.0. The van der Waals surface area contributed by atoms with Gasteiger partial charge in [0, 0.05) is 23.0 Å². The normalized spacial score (nSPS) is 10.8. The molecule has 0 fully saturated rings. The first-order chi connectivity index (χ1) is 13.6. The van der Waals surface area contributed by atoms with Crippen molar-refractivity contribution in [1.82, 2.24) is 9.55 Å². The third-order valence-corrected chi connectivity index (χ3v) is 5.12. The summed E-state index contributed by atoms with van der Waals surface area (Å²) in [6.45, 7) is 6.59. The van der Waals surface area contributed by atoms with E-state index in [1.54, 1.807) is 0 Å². The van der Waals surface area contributed by atoms with E-state index in [-0.39, 0.29) is 0 Å². The summed E-state index contributed by atoms with van der Waals surface area (Å²) in [6.07, 6.45) is 1.91. The standard InChI is InChI=1S/C24H21N3O/c1-16-9-12-22(27-13-5-7-20(27)14-25)18(3)21(16)15-28-23-8-4-6-19-11-10-17(2)26-24(19)23/h4-13H,15H2,1-3H3. The molecule has 0 radical (unpaired) electrons.